The Labute approximate surface area is 115 Å². The molecule has 0 aliphatic rings. The Balaban J connectivity index is 2.01. The molecule has 5 heteroatoms. The summed E-state index contributed by atoms with van der Waals surface area (Å²) >= 11 is 7.63. The van der Waals surface area contributed by atoms with Crippen LogP contribution in [0, 0.1) is 0 Å². The van der Waals surface area contributed by atoms with E-state index in [2.05, 4.69) is 0 Å². The van der Waals surface area contributed by atoms with Gasteiger partial charge in [-0.25, -0.2) is 0 Å². The van der Waals surface area contributed by atoms with Gasteiger partial charge in [-0.05, 0) is 18.2 Å². The zero-order valence-electron chi connectivity index (χ0n) is 9.67. The lowest BCUT2D eigenvalue weighted by Crippen LogP contribution is -2.18. The van der Waals surface area contributed by atoms with Crippen LogP contribution in [0.4, 0.5) is 5.69 Å². The van der Waals surface area contributed by atoms with Gasteiger partial charge in [-0.2, -0.15) is 0 Å². The number of thioether (sulfide) groups is 1. The fourth-order valence-electron chi connectivity index (χ4n) is 1.57. The van der Waals surface area contributed by atoms with Crippen molar-refractivity contribution in [2.45, 2.75) is 11.4 Å². The Bertz CT molecular complexity index is 577. The van der Waals surface area contributed by atoms with E-state index in [1.165, 1.54) is 0 Å². The van der Waals surface area contributed by atoms with Crippen molar-refractivity contribution in [1.29, 1.82) is 0 Å². The third-order valence-corrected chi connectivity index (χ3v) is 4.03. The molecule has 1 aromatic heterocycles. The summed E-state index contributed by atoms with van der Waals surface area (Å²) in [6.45, 7) is 0.634. The van der Waals surface area contributed by atoms with Crippen molar-refractivity contribution in [3.05, 3.63) is 58.0 Å². The number of hydrogen-bond donors (Lipinski definition) is 1. The fraction of sp³-hybridized carbons (Fsp3) is 0.154. The molecule has 0 unspecified atom stereocenters. The van der Waals surface area contributed by atoms with Gasteiger partial charge in [0.05, 0.1) is 5.02 Å². The highest BCUT2D eigenvalue weighted by atomic mass is 35.5. The van der Waals surface area contributed by atoms with Crippen LogP contribution in [0.2, 0.25) is 5.02 Å². The van der Waals surface area contributed by atoms with E-state index in [9.17, 15) is 4.79 Å². The van der Waals surface area contributed by atoms with Gasteiger partial charge in [0, 0.05) is 35.1 Å². The number of halogens is 1. The predicted octanol–water partition coefficient (Wildman–Crippen LogP) is 2.88. The summed E-state index contributed by atoms with van der Waals surface area (Å²) in [4.78, 5) is 12.4. The Morgan fingerprint density at radius 2 is 2.06 bits per heavy atom. The highest BCUT2D eigenvalue weighted by Crippen LogP contribution is 2.32. The summed E-state index contributed by atoms with van der Waals surface area (Å²) in [6, 6.07) is 10.6. The minimum atomic E-state index is 0.00484. The summed E-state index contributed by atoms with van der Waals surface area (Å²) in [6.07, 6.45) is 1.78. The van der Waals surface area contributed by atoms with E-state index in [1.807, 2.05) is 24.3 Å². The molecule has 0 bridgehead atoms. The van der Waals surface area contributed by atoms with Crippen LogP contribution in [0.15, 0.2) is 52.3 Å². The van der Waals surface area contributed by atoms with Crippen molar-refractivity contribution in [3.63, 3.8) is 0 Å². The molecule has 94 valence electrons. The lowest BCUT2D eigenvalue weighted by molar-refractivity contribution is 0.735. The summed E-state index contributed by atoms with van der Waals surface area (Å²) in [5.74, 6) is 0.748. The van der Waals surface area contributed by atoms with Crippen molar-refractivity contribution in [2.75, 3.05) is 11.5 Å². The van der Waals surface area contributed by atoms with Gasteiger partial charge in [0.2, 0.25) is 0 Å². The zero-order valence-corrected chi connectivity index (χ0v) is 11.2. The minimum Gasteiger partial charge on any atom is -0.398 e. The molecule has 0 saturated carbocycles. The van der Waals surface area contributed by atoms with E-state index in [4.69, 9.17) is 17.3 Å². The van der Waals surface area contributed by atoms with Gasteiger partial charge in [0.1, 0.15) is 0 Å². The molecule has 0 fully saturated rings. The van der Waals surface area contributed by atoms with Crippen LogP contribution < -0.4 is 11.3 Å². The van der Waals surface area contributed by atoms with Gasteiger partial charge >= 0.3 is 0 Å². The maximum absolute atomic E-state index is 11.5. The number of anilines is 1. The van der Waals surface area contributed by atoms with Gasteiger partial charge in [0.25, 0.3) is 5.56 Å². The largest absolute Gasteiger partial charge is 0.398 e. The van der Waals surface area contributed by atoms with Gasteiger partial charge in [-0.15, -0.1) is 11.8 Å². The molecular formula is C13H13ClN2OS. The number of aryl methyl sites for hydroxylation is 1. The SMILES string of the molecule is Nc1cccc(Cl)c1SCCn1ccccc1=O. The summed E-state index contributed by atoms with van der Waals surface area (Å²) < 4.78 is 1.67. The molecule has 1 aromatic carbocycles. The molecule has 0 aliphatic heterocycles. The third-order valence-electron chi connectivity index (χ3n) is 2.48. The van der Waals surface area contributed by atoms with E-state index >= 15 is 0 Å². The summed E-state index contributed by atoms with van der Waals surface area (Å²) in [5, 5.41) is 0.653. The topological polar surface area (TPSA) is 48.0 Å². The van der Waals surface area contributed by atoms with Gasteiger partial charge in [0.15, 0.2) is 0 Å². The van der Waals surface area contributed by atoms with Gasteiger partial charge in [-0.1, -0.05) is 23.7 Å². The first-order valence-electron chi connectivity index (χ1n) is 5.51. The van der Waals surface area contributed by atoms with E-state index in [0.29, 0.717) is 17.3 Å². The molecule has 0 aliphatic carbocycles. The number of nitrogen functional groups attached to an aromatic ring is 1. The van der Waals surface area contributed by atoms with Crippen molar-refractivity contribution >= 4 is 29.1 Å². The first-order valence-corrected chi connectivity index (χ1v) is 6.87. The van der Waals surface area contributed by atoms with Crippen molar-refractivity contribution in [2.24, 2.45) is 0 Å². The second-order valence-corrected chi connectivity index (χ2v) is 5.25. The fourth-order valence-corrected chi connectivity index (χ4v) is 2.85. The van der Waals surface area contributed by atoms with Crippen LogP contribution in [0.25, 0.3) is 0 Å². The van der Waals surface area contributed by atoms with E-state index in [1.54, 1.807) is 34.7 Å². The van der Waals surface area contributed by atoms with E-state index in [-0.39, 0.29) is 5.56 Å². The quantitative estimate of drug-likeness (QED) is 0.692. The lowest BCUT2D eigenvalue weighted by atomic mass is 10.3. The molecule has 0 saturated heterocycles. The molecule has 2 aromatic rings. The molecule has 0 radical (unpaired) electrons. The molecule has 3 nitrogen and oxygen atoms in total. The monoisotopic (exact) mass is 280 g/mol. The number of nitrogens with two attached hydrogens (primary N) is 1. The number of nitrogens with zero attached hydrogens (tertiary/aromatic N) is 1. The van der Waals surface area contributed by atoms with Crippen LogP contribution in [0.3, 0.4) is 0 Å². The molecule has 0 spiro atoms. The van der Waals surface area contributed by atoms with Gasteiger partial charge in [-0.3, -0.25) is 4.79 Å². The average Bonchev–Trinajstić information content (AvgIpc) is 2.35. The van der Waals surface area contributed by atoms with Crippen molar-refractivity contribution < 1.29 is 0 Å². The predicted molar refractivity (Wildman–Crippen MR) is 77.3 cm³/mol. The summed E-state index contributed by atoms with van der Waals surface area (Å²) in [5.41, 5.74) is 6.54. The highest BCUT2D eigenvalue weighted by Gasteiger charge is 2.05. The number of hydrogen-bond acceptors (Lipinski definition) is 3. The minimum absolute atomic E-state index is 0.00484. The molecule has 0 amide bonds. The molecular weight excluding hydrogens is 268 g/mol. The van der Waals surface area contributed by atoms with Crippen LogP contribution in [-0.4, -0.2) is 10.3 Å². The lowest BCUT2D eigenvalue weighted by Gasteiger charge is -2.08. The number of pyridine rings is 1. The first-order chi connectivity index (χ1) is 8.68. The Kier molecular flexibility index (Phi) is 4.33. The Morgan fingerprint density at radius 1 is 1.22 bits per heavy atom. The Morgan fingerprint density at radius 3 is 2.78 bits per heavy atom. The van der Waals surface area contributed by atoms with Crippen molar-refractivity contribution in [3.8, 4) is 0 Å². The zero-order chi connectivity index (χ0) is 13.0. The second kappa shape index (κ2) is 5.98. The number of rotatable bonds is 4. The van der Waals surface area contributed by atoms with Gasteiger partial charge < -0.3 is 10.3 Å². The molecule has 2 rings (SSSR count). The molecule has 1 heterocycles. The first kappa shape index (κ1) is 13.1. The standard InChI is InChI=1S/C13H13ClN2OS/c14-10-4-3-5-11(15)13(10)18-9-8-16-7-2-1-6-12(16)17/h1-7H,8-9,15H2. The van der Waals surface area contributed by atoms with E-state index in [0.717, 1.165) is 10.6 Å². The van der Waals surface area contributed by atoms with Crippen LogP contribution in [0.5, 0.6) is 0 Å². The second-order valence-electron chi connectivity index (χ2n) is 3.74. The van der Waals surface area contributed by atoms with Crippen LogP contribution >= 0.6 is 23.4 Å². The van der Waals surface area contributed by atoms with Crippen LogP contribution in [0.1, 0.15) is 0 Å². The third kappa shape index (κ3) is 3.09. The number of aromatic nitrogens is 1. The van der Waals surface area contributed by atoms with Crippen LogP contribution in [-0.2, 0) is 6.54 Å². The molecule has 0 atom stereocenters. The Hall–Kier alpha value is -1.39. The van der Waals surface area contributed by atoms with E-state index < -0.39 is 0 Å². The maximum Gasteiger partial charge on any atom is 0.250 e. The average molecular weight is 281 g/mol. The highest BCUT2D eigenvalue weighted by molar-refractivity contribution is 7.99. The smallest absolute Gasteiger partial charge is 0.250 e. The molecule has 18 heavy (non-hydrogen) atoms. The number of benzene rings is 1. The normalized spacial score (nSPS) is 10.5. The molecule has 2 N–H and O–H groups in total. The summed E-state index contributed by atoms with van der Waals surface area (Å²) in [7, 11) is 0. The maximum atomic E-state index is 11.5. The van der Waals surface area contributed by atoms with Crippen molar-refractivity contribution in [1.82, 2.24) is 4.57 Å².